The summed E-state index contributed by atoms with van der Waals surface area (Å²) in [6.45, 7) is 12.6. The van der Waals surface area contributed by atoms with E-state index >= 15 is 0 Å². The lowest BCUT2D eigenvalue weighted by Gasteiger charge is -2.56. The normalized spacial score (nSPS) is 28.9. The minimum Gasteiger partial charge on any atom is -0.333 e. The van der Waals surface area contributed by atoms with Gasteiger partial charge in [-0.2, -0.15) is 0 Å². The number of hydrogen-bond acceptors (Lipinski definition) is 1. The Morgan fingerprint density at radius 3 is 1.46 bits per heavy atom. The molecule has 76 valence electrons. The molecule has 2 amide bonds. The number of amides is 2. The summed E-state index contributed by atoms with van der Waals surface area (Å²) in [7, 11) is 0. The van der Waals surface area contributed by atoms with Crippen molar-refractivity contribution in [2.45, 2.75) is 52.6 Å². The highest BCUT2D eigenvalue weighted by Crippen LogP contribution is 2.42. The van der Waals surface area contributed by atoms with Crippen molar-refractivity contribution in [2.24, 2.45) is 5.41 Å². The van der Waals surface area contributed by atoms with E-state index in [0.29, 0.717) is 0 Å². The van der Waals surface area contributed by atoms with Crippen LogP contribution in [0.5, 0.6) is 0 Å². The first-order valence-electron chi connectivity index (χ1n) is 4.70. The Morgan fingerprint density at radius 1 is 0.846 bits per heavy atom. The number of rotatable bonds is 0. The van der Waals surface area contributed by atoms with Gasteiger partial charge in [0.1, 0.15) is 0 Å². The molecule has 0 bridgehead atoms. The van der Waals surface area contributed by atoms with E-state index in [9.17, 15) is 4.79 Å². The van der Waals surface area contributed by atoms with Gasteiger partial charge in [-0.1, -0.05) is 13.8 Å². The van der Waals surface area contributed by atoms with Gasteiger partial charge in [0.15, 0.2) is 0 Å². The fourth-order valence-electron chi connectivity index (χ4n) is 1.69. The molecule has 0 aromatic rings. The molecule has 1 rings (SSSR count). The zero-order chi connectivity index (χ0) is 10.5. The topological polar surface area (TPSA) is 41.1 Å². The third-order valence-electron chi connectivity index (χ3n) is 3.98. The lowest BCUT2D eigenvalue weighted by Crippen LogP contribution is -2.74. The standard InChI is InChI=1S/C10H20N2O/c1-8(2)9(3,4)11-7(13)12-10(8,5)6/h1-6H3,(H2,11,12,13). The summed E-state index contributed by atoms with van der Waals surface area (Å²) in [5.74, 6) is 0. The Bertz CT molecular complexity index is 219. The van der Waals surface area contributed by atoms with Crippen molar-refractivity contribution in [3.8, 4) is 0 Å². The van der Waals surface area contributed by atoms with Gasteiger partial charge in [0, 0.05) is 16.5 Å². The highest BCUT2D eigenvalue weighted by molar-refractivity contribution is 5.77. The van der Waals surface area contributed by atoms with E-state index in [4.69, 9.17) is 0 Å². The molecule has 3 heteroatoms. The van der Waals surface area contributed by atoms with Crippen molar-refractivity contribution < 1.29 is 4.79 Å². The molecule has 13 heavy (non-hydrogen) atoms. The summed E-state index contributed by atoms with van der Waals surface area (Å²) >= 11 is 0. The molecule has 0 aromatic heterocycles. The first kappa shape index (κ1) is 10.4. The van der Waals surface area contributed by atoms with Crippen molar-refractivity contribution in [3.63, 3.8) is 0 Å². The van der Waals surface area contributed by atoms with Crippen LogP contribution in [0.15, 0.2) is 0 Å². The maximum absolute atomic E-state index is 11.4. The summed E-state index contributed by atoms with van der Waals surface area (Å²) < 4.78 is 0. The lowest BCUT2D eigenvalue weighted by atomic mass is 9.62. The van der Waals surface area contributed by atoms with Crippen molar-refractivity contribution >= 4 is 6.03 Å². The molecule has 1 aliphatic heterocycles. The van der Waals surface area contributed by atoms with Crippen LogP contribution >= 0.6 is 0 Å². The van der Waals surface area contributed by atoms with Gasteiger partial charge in [0.25, 0.3) is 0 Å². The summed E-state index contributed by atoms with van der Waals surface area (Å²) in [4.78, 5) is 11.4. The fraction of sp³-hybridized carbons (Fsp3) is 0.900. The molecule has 0 spiro atoms. The van der Waals surface area contributed by atoms with Crippen LogP contribution in [0.25, 0.3) is 0 Å². The summed E-state index contributed by atoms with van der Waals surface area (Å²) in [5, 5.41) is 5.90. The van der Waals surface area contributed by atoms with Crippen LogP contribution in [-0.4, -0.2) is 17.1 Å². The van der Waals surface area contributed by atoms with Gasteiger partial charge in [-0.15, -0.1) is 0 Å². The monoisotopic (exact) mass is 184 g/mol. The third kappa shape index (κ3) is 1.30. The second-order valence-electron chi connectivity index (χ2n) is 5.45. The molecule has 3 nitrogen and oxygen atoms in total. The van der Waals surface area contributed by atoms with Gasteiger partial charge < -0.3 is 10.6 Å². The van der Waals surface area contributed by atoms with E-state index < -0.39 is 0 Å². The first-order chi connectivity index (χ1) is 5.60. The van der Waals surface area contributed by atoms with Gasteiger partial charge in [0.05, 0.1) is 0 Å². The summed E-state index contributed by atoms with van der Waals surface area (Å²) in [6, 6.07) is -0.0747. The molecule has 0 atom stereocenters. The predicted octanol–water partition coefficient (Wildman–Crippen LogP) is 1.88. The maximum Gasteiger partial charge on any atom is 0.315 e. The zero-order valence-corrected chi connectivity index (χ0v) is 9.41. The molecule has 0 aliphatic carbocycles. The highest BCUT2D eigenvalue weighted by Gasteiger charge is 2.52. The predicted molar refractivity (Wildman–Crippen MR) is 53.6 cm³/mol. The largest absolute Gasteiger partial charge is 0.333 e. The number of carbonyl (C=O) groups is 1. The molecule has 1 fully saturated rings. The average molecular weight is 184 g/mol. The quantitative estimate of drug-likeness (QED) is 0.593. The molecule has 0 radical (unpaired) electrons. The molecule has 1 saturated heterocycles. The highest BCUT2D eigenvalue weighted by atomic mass is 16.2. The van der Waals surface area contributed by atoms with Crippen molar-refractivity contribution in [2.75, 3.05) is 0 Å². The Kier molecular flexibility index (Phi) is 1.91. The van der Waals surface area contributed by atoms with Crippen LogP contribution in [0.2, 0.25) is 0 Å². The third-order valence-corrected chi connectivity index (χ3v) is 3.98. The van der Waals surface area contributed by atoms with Crippen LogP contribution in [-0.2, 0) is 0 Å². The van der Waals surface area contributed by atoms with Gasteiger partial charge in [-0.3, -0.25) is 0 Å². The van der Waals surface area contributed by atoms with Gasteiger partial charge in [-0.05, 0) is 27.7 Å². The Balaban J connectivity index is 3.10. The van der Waals surface area contributed by atoms with E-state index in [-0.39, 0.29) is 22.5 Å². The van der Waals surface area contributed by atoms with Crippen LogP contribution in [0.1, 0.15) is 41.5 Å². The SMILES string of the molecule is CC1(C)NC(=O)NC(C)(C)C1(C)C. The van der Waals surface area contributed by atoms with Crippen molar-refractivity contribution in [1.29, 1.82) is 0 Å². The van der Waals surface area contributed by atoms with Crippen LogP contribution in [0, 0.1) is 5.41 Å². The second kappa shape index (κ2) is 2.40. The van der Waals surface area contributed by atoms with Crippen LogP contribution in [0.4, 0.5) is 4.79 Å². The molecular formula is C10H20N2O. The molecule has 0 unspecified atom stereocenters. The Labute approximate surface area is 80.3 Å². The number of carbonyl (C=O) groups excluding carboxylic acids is 1. The summed E-state index contributed by atoms with van der Waals surface area (Å²) in [5.41, 5.74) is -0.356. The van der Waals surface area contributed by atoms with E-state index in [1.54, 1.807) is 0 Å². The van der Waals surface area contributed by atoms with Crippen LogP contribution < -0.4 is 10.6 Å². The van der Waals surface area contributed by atoms with Gasteiger partial charge in [-0.25, -0.2) is 4.79 Å². The number of nitrogens with one attached hydrogen (secondary N) is 2. The number of urea groups is 1. The van der Waals surface area contributed by atoms with Gasteiger partial charge >= 0.3 is 6.03 Å². The molecule has 2 N–H and O–H groups in total. The number of hydrogen-bond donors (Lipinski definition) is 2. The molecule has 0 saturated carbocycles. The second-order valence-corrected chi connectivity index (χ2v) is 5.45. The van der Waals surface area contributed by atoms with Crippen LogP contribution in [0.3, 0.4) is 0 Å². The van der Waals surface area contributed by atoms with E-state index in [0.717, 1.165) is 0 Å². The minimum absolute atomic E-state index is 0.00785. The molecule has 0 aromatic carbocycles. The molecule has 1 aliphatic rings. The first-order valence-corrected chi connectivity index (χ1v) is 4.70. The van der Waals surface area contributed by atoms with E-state index in [1.165, 1.54) is 0 Å². The average Bonchev–Trinajstić information content (AvgIpc) is 1.80. The summed E-state index contributed by atoms with van der Waals surface area (Å²) in [6.07, 6.45) is 0. The Hall–Kier alpha value is -0.730. The van der Waals surface area contributed by atoms with Gasteiger partial charge in [0.2, 0.25) is 0 Å². The molecule has 1 heterocycles. The molecular weight excluding hydrogens is 164 g/mol. The smallest absolute Gasteiger partial charge is 0.315 e. The minimum atomic E-state index is -0.182. The zero-order valence-electron chi connectivity index (χ0n) is 9.41. The Morgan fingerprint density at radius 2 is 1.15 bits per heavy atom. The fourth-order valence-corrected chi connectivity index (χ4v) is 1.69. The van der Waals surface area contributed by atoms with E-state index in [2.05, 4.69) is 52.2 Å². The van der Waals surface area contributed by atoms with Crippen molar-refractivity contribution in [3.05, 3.63) is 0 Å². The maximum atomic E-state index is 11.4. The van der Waals surface area contributed by atoms with E-state index in [1.807, 2.05) is 0 Å². The lowest BCUT2D eigenvalue weighted by molar-refractivity contribution is 0.0340. The van der Waals surface area contributed by atoms with Crippen molar-refractivity contribution in [1.82, 2.24) is 10.6 Å².